The van der Waals surface area contributed by atoms with E-state index >= 15 is 0 Å². The van der Waals surface area contributed by atoms with Crippen molar-refractivity contribution in [3.8, 4) is 22.8 Å². The fourth-order valence-electron chi connectivity index (χ4n) is 3.83. The second kappa shape index (κ2) is 9.73. The Labute approximate surface area is 202 Å². The van der Waals surface area contributed by atoms with Gasteiger partial charge in [0, 0.05) is 22.4 Å². The van der Waals surface area contributed by atoms with Gasteiger partial charge in [-0.3, -0.25) is 4.79 Å². The Bertz CT molecular complexity index is 1460. The minimum absolute atomic E-state index is 0.158. The van der Waals surface area contributed by atoms with Crippen LogP contribution in [-0.4, -0.2) is 20.7 Å². The Balaban J connectivity index is 1.41. The summed E-state index contributed by atoms with van der Waals surface area (Å²) in [6.45, 7) is 2.42. The Morgan fingerprint density at radius 1 is 0.857 bits per heavy atom. The van der Waals surface area contributed by atoms with E-state index in [0.717, 1.165) is 28.1 Å². The predicted octanol–water partition coefficient (Wildman–Crippen LogP) is 6.36. The molecule has 0 fully saturated rings. The molecule has 0 atom stereocenters. The van der Waals surface area contributed by atoms with Gasteiger partial charge < -0.3 is 5.32 Å². The number of aromatic nitrogens is 3. The molecule has 172 valence electrons. The highest BCUT2D eigenvalue weighted by molar-refractivity contribution is 6.04. The predicted molar refractivity (Wildman–Crippen MR) is 136 cm³/mol. The lowest BCUT2D eigenvalue weighted by Crippen LogP contribution is -2.11. The largest absolute Gasteiger partial charge is 0.322 e. The number of nitrogens with one attached hydrogen (secondary N) is 1. The molecule has 35 heavy (non-hydrogen) atoms. The number of aryl methyl sites for hydroxylation is 1. The summed E-state index contributed by atoms with van der Waals surface area (Å²) in [6.07, 6.45) is 0. The van der Waals surface area contributed by atoms with Crippen LogP contribution in [0.25, 0.3) is 22.8 Å². The first-order valence-electron chi connectivity index (χ1n) is 11.3. The van der Waals surface area contributed by atoms with Crippen LogP contribution in [0.15, 0.2) is 103 Å². The van der Waals surface area contributed by atoms with E-state index in [9.17, 15) is 9.18 Å². The fraction of sp³-hybridized carbons (Fsp3) is 0.0690. The van der Waals surface area contributed by atoms with Crippen LogP contribution in [0.4, 0.5) is 10.1 Å². The van der Waals surface area contributed by atoms with E-state index in [1.807, 2.05) is 84.4 Å². The Morgan fingerprint density at radius 3 is 2.31 bits per heavy atom. The second-order valence-electron chi connectivity index (χ2n) is 8.31. The maximum Gasteiger partial charge on any atom is 0.255 e. The molecule has 0 saturated heterocycles. The molecule has 0 aliphatic rings. The van der Waals surface area contributed by atoms with Crippen molar-refractivity contribution in [1.82, 2.24) is 14.8 Å². The first kappa shape index (κ1) is 22.2. The van der Waals surface area contributed by atoms with Crippen LogP contribution in [0.1, 0.15) is 21.5 Å². The quantitative estimate of drug-likeness (QED) is 0.319. The summed E-state index contributed by atoms with van der Waals surface area (Å²) in [6, 6.07) is 31.1. The maximum atomic E-state index is 13.4. The molecule has 4 aromatic carbocycles. The van der Waals surface area contributed by atoms with Gasteiger partial charge in [0.05, 0.1) is 6.54 Å². The SMILES string of the molecule is Cc1cccc(C(=O)Nc2ccc(-c3nc(-c4ccccc4)n(Cc4ccc(F)cc4)n3)cc2)c1. The van der Waals surface area contributed by atoms with Gasteiger partial charge in [0.15, 0.2) is 11.6 Å². The summed E-state index contributed by atoms with van der Waals surface area (Å²) < 4.78 is 15.2. The molecule has 0 aliphatic heterocycles. The third kappa shape index (κ3) is 5.17. The third-order valence-electron chi connectivity index (χ3n) is 5.63. The number of anilines is 1. The number of carbonyl (C=O) groups excluding carboxylic acids is 1. The number of amides is 1. The van der Waals surface area contributed by atoms with Crippen LogP contribution in [0.2, 0.25) is 0 Å². The molecule has 0 unspecified atom stereocenters. The zero-order valence-corrected chi connectivity index (χ0v) is 19.1. The van der Waals surface area contributed by atoms with Crippen molar-refractivity contribution >= 4 is 11.6 Å². The van der Waals surface area contributed by atoms with Crippen LogP contribution in [-0.2, 0) is 6.54 Å². The topological polar surface area (TPSA) is 59.8 Å². The molecule has 6 heteroatoms. The molecule has 5 rings (SSSR count). The molecule has 0 bridgehead atoms. The monoisotopic (exact) mass is 462 g/mol. The van der Waals surface area contributed by atoms with E-state index in [1.54, 1.807) is 18.2 Å². The van der Waals surface area contributed by atoms with Gasteiger partial charge in [-0.05, 0) is 61.0 Å². The van der Waals surface area contributed by atoms with Crippen molar-refractivity contribution in [2.45, 2.75) is 13.5 Å². The highest BCUT2D eigenvalue weighted by Crippen LogP contribution is 2.25. The van der Waals surface area contributed by atoms with Crippen LogP contribution < -0.4 is 5.32 Å². The van der Waals surface area contributed by atoms with E-state index < -0.39 is 0 Å². The lowest BCUT2D eigenvalue weighted by atomic mass is 10.1. The Morgan fingerprint density at radius 2 is 1.60 bits per heavy atom. The highest BCUT2D eigenvalue weighted by Gasteiger charge is 2.14. The third-order valence-corrected chi connectivity index (χ3v) is 5.63. The first-order valence-corrected chi connectivity index (χ1v) is 11.3. The van der Waals surface area contributed by atoms with E-state index in [0.29, 0.717) is 23.6 Å². The Hall–Kier alpha value is -4.58. The van der Waals surface area contributed by atoms with Crippen molar-refractivity contribution in [2.75, 3.05) is 5.32 Å². The van der Waals surface area contributed by atoms with Gasteiger partial charge in [0.1, 0.15) is 5.82 Å². The first-order chi connectivity index (χ1) is 17.0. The average molecular weight is 463 g/mol. The van der Waals surface area contributed by atoms with Crippen molar-refractivity contribution in [3.63, 3.8) is 0 Å². The molecular weight excluding hydrogens is 439 g/mol. The van der Waals surface area contributed by atoms with E-state index in [4.69, 9.17) is 10.1 Å². The molecule has 1 N–H and O–H groups in total. The van der Waals surface area contributed by atoms with E-state index in [1.165, 1.54) is 12.1 Å². The number of hydrogen-bond acceptors (Lipinski definition) is 3. The lowest BCUT2D eigenvalue weighted by Gasteiger charge is -2.06. The smallest absolute Gasteiger partial charge is 0.255 e. The fourth-order valence-corrected chi connectivity index (χ4v) is 3.83. The van der Waals surface area contributed by atoms with Crippen molar-refractivity contribution < 1.29 is 9.18 Å². The molecule has 0 aliphatic carbocycles. The number of rotatable bonds is 6. The van der Waals surface area contributed by atoms with Crippen molar-refractivity contribution in [1.29, 1.82) is 0 Å². The van der Waals surface area contributed by atoms with Gasteiger partial charge in [-0.25, -0.2) is 14.1 Å². The molecule has 0 spiro atoms. The van der Waals surface area contributed by atoms with Crippen LogP contribution in [0.5, 0.6) is 0 Å². The lowest BCUT2D eigenvalue weighted by molar-refractivity contribution is 0.102. The van der Waals surface area contributed by atoms with Crippen molar-refractivity contribution in [2.24, 2.45) is 0 Å². The van der Waals surface area contributed by atoms with E-state index in [2.05, 4.69) is 5.32 Å². The summed E-state index contributed by atoms with van der Waals surface area (Å²) in [5.41, 5.74) is 5.03. The zero-order valence-electron chi connectivity index (χ0n) is 19.1. The second-order valence-corrected chi connectivity index (χ2v) is 8.31. The van der Waals surface area contributed by atoms with Crippen LogP contribution in [0.3, 0.4) is 0 Å². The highest BCUT2D eigenvalue weighted by atomic mass is 19.1. The summed E-state index contributed by atoms with van der Waals surface area (Å²) in [7, 11) is 0. The van der Waals surface area contributed by atoms with Gasteiger partial charge in [-0.1, -0.05) is 60.2 Å². The van der Waals surface area contributed by atoms with Gasteiger partial charge in [0.25, 0.3) is 5.91 Å². The molecule has 5 aromatic rings. The standard InChI is InChI=1S/C29H23FN4O/c1-20-6-5-9-24(18-20)29(35)31-26-16-12-22(13-17-26)27-32-28(23-7-3-2-4-8-23)34(33-27)19-21-10-14-25(30)15-11-21/h2-18H,19H2,1H3,(H,31,35). The van der Waals surface area contributed by atoms with Crippen LogP contribution in [0, 0.1) is 12.7 Å². The molecule has 1 aromatic heterocycles. The van der Waals surface area contributed by atoms with Crippen LogP contribution >= 0.6 is 0 Å². The maximum absolute atomic E-state index is 13.4. The van der Waals surface area contributed by atoms with Gasteiger partial charge in [-0.2, -0.15) is 5.10 Å². The summed E-state index contributed by atoms with van der Waals surface area (Å²) >= 11 is 0. The number of carbonyl (C=O) groups is 1. The number of benzene rings is 4. The van der Waals surface area contributed by atoms with Gasteiger partial charge in [0.2, 0.25) is 0 Å². The molecular formula is C29H23FN4O. The summed E-state index contributed by atoms with van der Waals surface area (Å²) in [5, 5.41) is 7.68. The number of nitrogens with zero attached hydrogens (tertiary/aromatic N) is 3. The molecule has 1 amide bonds. The van der Waals surface area contributed by atoms with Crippen molar-refractivity contribution in [3.05, 3.63) is 126 Å². The molecule has 0 radical (unpaired) electrons. The summed E-state index contributed by atoms with van der Waals surface area (Å²) in [4.78, 5) is 17.4. The molecule has 5 nitrogen and oxygen atoms in total. The van der Waals surface area contributed by atoms with E-state index in [-0.39, 0.29) is 11.7 Å². The number of halogens is 1. The average Bonchev–Trinajstić information content (AvgIpc) is 3.30. The zero-order chi connectivity index (χ0) is 24.2. The normalized spacial score (nSPS) is 10.8. The minimum Gasteiger partial charge on any atom is -0.322 e. The Kier molecular flexibility index (Phi) is 6.18. The van der Waals surface area contributed by atoms with Gasteiger partial charge >= 0.3 is 0 Å². The minimum atomic E-state index is -0.272. The molecule has 1 heterocycles. The van der Waals surface area contributed by atoms with Gasteiger partial charge in [-0.15, -0.1) is 0 Å². The number of hydrogen-bond donors (Lipinski definition) is 1. The summed E-state index contributed by atoms with van der Waals surface area (Å²) in [5.74, 6) is 0.865. The molecule has 0 saturated carbocycles.